The second-order valence-electron chi connectivity index (χ2n) is 6.24. The molecule has 0 fully saturated rings. The van der Waals surface area contributed by atoms with E-state index in [0.717, 1.165) is 5.56 Å². The molecular weight excluding hydrogens is 378 g/mol. The van der Waals surface area contributed by atoms with Crippen molar-refractivity contribution in [2.45, 2.75) is 6.54 Å². The number of halogens is 1. The minimum atomic E-state index is -0.284. The van der Waals surface area contributed by atoms with Crippen LogP contribution >= 0.6 is 11.6 Å². The standard InChI is InChI=1S/C21H16ClN3O3/c22-17-6-2-1-4-15(17)12-25-18-10-16(7-8-19(18)28-13-20(25)26)24-21(27)14-5-3-9-23-11-14/h1-11H,12-13H2,(H,24,27). The highest BCUT2D eigenvalue weighted by Gasteiger charge is 2.26. The zero-order valence-electron chi connectivity index (χ0n) is 14.8. The van der Waals surface area contributed by atoms with Crippen molar-refractivity contribution in [3.05, 3.63) is 83.1 Å². The van der Waals surface area contributed by atoms with Crippen LogP contribution in [-0.4, -0.2) is 23.4 Å². The molecule has 140 valence electrons. The summed E-state index contributed by atoms with van der Waals surface area (Å²) in [5.41, 5.74) is 2.41. The van der Waals surface area contributed by atoms with Crippen LogP contribution in [0.1, 0.15) is 15.9 Å². The summed E-state index contributed by atoms with van der Waals surface area (Å²) in [4.78, 5) is 30.4. The molecule has 0 radical (unpaired) electrons. The summed E-state index contributed by atoms with van der Waals surface area (Å²) in [6.07, 6.45) is 3.09. The van der Waals surface area contributed by atoms with Gasteiger partial charge >= 0.3 is 0 Å². The number of nitrogens with one attached hydrogen (secondary N) is 1. The lowest BCUT2D eigenvalue weighted by Crippen LogP contribution is -2.38. The van der Waals surface area contributed by atoms with Gasteiger partial charge in [-0.3, -0.25) is 14.6 Å². The molecule has 0 aliphatic carbocycles. The molecule has 2 heterocycles. The maximum Gasteiger partial charge on any atom is 0.265 e. The van der Waals surface area contributed by atoms with Crippen LogP contribution < -0.4 is 15.0 Å². The predicted molar refractivity (Wildman–Crippen MR) is 107 cm³/mol. The minimum absolute atomic E-state index is 0.0428. The van der Waals surface area contributed by atoms with Crippen molar-refractivity contribution in [2.75, 3.05) is 16.8 Å². The Labute approximate surface area is 166 Å². The molecule has 2 amide bonds. The van der Waals surface area contributed by atoms with Crippen LogP contribution in [0.25, 0.3) is 0 Å². The van der Waals surface area contributed by atoms with Crippen molar-refractivity contribution in [2.24, 2.45) is 0 Å². The quantitative estimate of drug-likeness (QED) is 0.729. The Hall–Kier alpha value is -3.38. The molecule has 2 aromatic carbocycles. The number of aromatic nitrogens is 1. The van der Waals surface area contributed by atoms with Gasteiger partial charge in [0.1, 0.15) is 5.75 Å². The fraction of sp³-hybridized carbons (Fsp3) is 0.0952. The molecule has 0 unspecified atom stereocenters. The fourth-order valence-electron chi connectivity index (χ4n) is 2.95. The lowest BCUT2D eigenvalue weighted by Gasteiger charge is -2.30. The molecule has 0 atom stereocenters. The zero-order valence-corrected chi connectivity index (χ0v) is 15.5. The van der Waals surface area contributed by atoms with E-state index in [9.17, 15) is 9.59 Å². The number of anilines is 2. The molecule has 1 aliphatic rings. The molecule has 1 aliphatic heterocycles. The summed E-state index contributed by atoms with van der Waals surface area (Å²) in [7, 11) is 0. The van der Waals surface area contributed by atoms with Crippen molar-refractivity contribution >= 4 is 34.8 Å². The van der Waals surface area contributed by atoms with Gasteiger partial charge in [0.25, 0.3) is 11.8 Å². The number of ether oxygens (including phenoxy) is 1. The summed E-state index contributed by atoms with van der Waals surface area (Å²) in [6.45, 7) is 0.272. The van der Waals surface area contributed by atoms with Crippen molar-refractivity contribution in [1.29, 1.82) is 0 Å². The number of pyridine rings is 1. The van der Waals surface area contributed by atoms with Gasteiger partial charge in [-0.25, -0.2) is 0 Å². The minimum Gasteiger partial charge on any atom is -0.482 e. The van der Waals surface area contributed by atoms with E-state index < -0.39 is 0 Å². The Balaban J connectivity index is 1.62. The number of hydrogen-bond donors (Lipinski definition) is 1. The number of rotatable bonds is 4. The number of benzene rings is 2. The molecule has 1 N–H and O–H groups in total. The van der Waals surface area contributed by atoms with Gasteiger partial charge in [0.15, 0.2) is 6.61 Å². The molecule has 0 spiro atoms. The van der Waals surface area contributed by atoms with Gasteiger partial charge in [-0.1, -0.05) is 29.8 Å². The van der Waals surface area contributed by atoms with Gasteiger partial charge in [-0.05, 0) is 42.0 Å². The maximum atomic E-state index is 12.5. The summed E-state index contributed by atoms with van der Waals surface area (Å²) in [5, 5.41) is 3.41. The first-order valence-electron chi connectivity index (χ1n) is 8.64. The monoisotopic (exact) mass is 393 g/mol. The van der Waals surface area contributed by atoms with Crippen molar-refractivity contribution in [3.63, 3.8) is 0 Å². The molecule has 0 bridgehead atoms. The highest BCUT2D eigenvalue weighted by Crippen LogP contribution is 2.36. The maximum absolute atomic E-state index is 12.5. The van der Waals surface area contributed by atoms with Gasteiger partial charge < -0.3 is 15.0 Å². The number of carbonyl (C=O) groups excluding carboxylic acids is 2. The molecule has 7 heteroatoms. The van der Waals surface area contributed by atoms with E-state index in [1.54, 1.807) is 47.5 Å². The summed E-state index contributed by atoms with van der Waals surface area (Å²) in [6, 6.07) is 15.9. The molecule has 1 aromatic heterocycles. The largest absolute Gasteiger partial charge is 0.482 e. The van der Waals surface area contributed by atoms with Crippen LogP contribution in [-0.2, 0) is 11.3 Å². The Morgan fingerprint density at radius 3 is 2.82 bits per heavy atom. The average Bonchev–Trinajstić information content (AvgIpc) is 2.72. The Morgan fingerprint density at radius 2 is 2.04 bits per heavy atom. The molecule has 6 nitrogen and oxygen atoms in total. The number of hydrogen-bond acceptors (Lipinski definition) is 4. The second kappa shape index (κ2) is 7.70. The van der Waals surface area contributed by atoms with Crippen LogP contribution in [0.3, 0.4) is 0 Å². The molecular formula is C21H16ClN3O3. The van der Waals surface area contributed by atoms with E-state index in [1.807, 2.05) is 18.2 Å². The van der Waals surface area contributed by atoms with Gasteiger partial charge in [0.2, 0.25) is 0 Å². The van der Waals surface area contributed by atoms with E-state index in [2.05, 4.69) is 10.3 Å². The fourth-order valence-corrected chi connectivity index (χ4v) is 3.15. The molecule has 3 aromatic rings. The lowest BCUT2D eigenvalue weighted by molar-refractivity contribution is -0.121. The normalized spacial score (nSPS) is 12.9. The third-order valence-electron chi connectivity index (χ3n) is 4.37. The third-order valence-corrected chi connectivity index (χ3v) is 4.74. The van der Waals surface area contributed by atoms with Gasteiger partial charge in [-0.2, -0.15) is 0 Å². The predicted octanol–water partition coefficient (Wildman–Crippen LogP) is 3.91. The Kier molecular flexibility index (Phi) is 4.95. The third kappa shape index (κ3) is 3.68. The van der Waals surface area contributed by atoms with Crippen molar-refractivity contribution in [1.82, 2.24) is 4.98 Å². The van der Waals surface area contributed by atoms with Gasteiger partial charge in [-0.15, -0.1) is 0 Å². The highest BCUT2D eigenvalue weighted by atomic mass is 35.5. The number of amides is 2. The summed E-state index contributed by atoms with van der Waals surface area (Å²) < 4.78 is 5.53. The first-order valence-corrected chi connectivity index (χ1v) is 9.01. The van der Waals surface area contributed by atoms with Crippen molar-refractivity contribution in [3.8, 4) is 5.75 Å². The number of carbonyl (C=O) groups is 2. The van der Waals surface area contributed by atoms with E-state index in [0.29, 0.717) is 34.3 Å². The van der Waals surface area contributed by atoms with E-state index in [-0.39, 0.29) is 18.4 Å². The summed E-state index contributed by atoms with van der Waals surface area (Å²) in [5.74, 6) is 0.114. The van der Waals surface area contributed by atoms with E-state index in [4.69, 9.17) is 16.3 Å². The highest BCUT2D eigenvalue weighted by molar-refractivity contribution is 6.31. The van der Waals surface area contributed by atoms with Crippen LogP contribution in [0.15, 0.2) is 67.0 Å². The van der Waals surface area contributed by atoms with Crippen LogP contribution in [0.5, 0.6) is 5.75 Å². The van der Waals surface area contributed by atoms with Crippen LogP contribution in [0.2, 0.25) is 5.02 Å². The Bertz CT molecular complexity index is 1040. The van der Waals surface area contributed by atoms with Gasteiger partial charge in [0, 0.05) is 23.1 Å². The smallest absolute Gasteiger partial charge is 0.265 e. The number of fused-ring (bicyclic) bond motifs is 1. The van der Waals surface area contributed by atoms with Crippen molar-refractivity contribution < 1.29 is 14.3 Å². The SMILES string of the molecule is O=C(Nc1ccc2c(c1)N(Cc1ccccc1Cl)C(=O)CO2)c1cccnc1. The topological polar surface area (TPSA) is 71.5 Å². The second-order valence-corrected chi connectivity index (χ2v) is 6.65. The first kappa shape index (κ1) is 18.0. The van der Waals surface area contributed by atoms with Gasteiger partial charge in [0.05, 0.1) is 17.8 Å². The van der Waals surface area contributed by atoms with E-state index in [1.165, 1.54) is 6.20 Å². The molecule has 0 saturated carbocycles. The zero-order chi connectivity index (χ0) is 19.5. The first-order chi connectivity index (χ1) is 13.6. The van der Waals surface area contributed by atoms with Crippen LogP contribution in [0, 0.1) is 0 Å². The average molecular weight is 394 g/mol. The number of nitrogens with zero attached hydrogens (tertiary/aromatic N) is 2. The summed E-state index contributed by atoms with van der Waals surface area (Å²) >= 11 is 6.25. The molecule has 4 rings (SSSR count). The Morgan fingerprint density at radius 1 is 1.18 bits per heavy atom. The van der Waals surface area contributed by atoms with Crippen LogP contribution in [0.4, 0.5) is 11.4 Å². The molecule has 0 saturated heterocycles. The lowest BCUT2D eigenvalue weighted by atomic mass is 10.1. The molecule has 28 heavy (non-hydrogen) atoms. The van der Waals surface area contributed by atoms with E-state index >= 15 is 0 Å².